The summed E-state index contributed by atoms with van der Waals surface area (Å²) in [6, 6.07) is 14.0. The molecule has 0 atom stereocenters. The maximum absolute atomic E-state index is 13.2. The minimum absolute atomic E-state index is 0.234. The van der Waals surface area contributed by atoms with Gasteiger partial charge in [-0.2, -0.15) is 0 Å². The number of carbonyl (C=O) groups excluding carboxylic acids is 1. The van der Waals surface area contributed by atoms with Gasteiger partial charge >= 0.3 is 0 Å². The van der Waals surface area contributed by atoms with Gasteiger partial charge in [0.1, 0.15) is 5.82 Å². The highest BCUT2D eigenvalue weighted by atomic mass is 32.1. The van der Waals surface area contributed by atoms with E-state index in [4.69, 9.17) is 4.98 Å². The van der Waals surface area contributed by atoms with E-state index in [1.54, 1.807) is 23.5 Å². The van der Waals surface area contributed by atoms with Gasteiger partial charge in [-0.15, -0.1) is 0 Å². The van der Waals surface area contributed by atoms with E-state index in [2.05, 4.69) is 21.2 Å². The predicted octanol–water partition coefficient (Wildman–Crippen LogP) is 2.99. The fraction of sp³-hybridized carbons (Fsp3) is 0.300. The van der Waals surface area contributed by atoms with E-state index >= 15 is 0 Å². The monoisotopic (exact) mass is 384 g/mol. The molecule has 27 heavy (non-hydrogen) atoms. The van der Waals surface area contributed by atoms with E-state index < -0.39 is 5.82 Å². The van der Waals surface area contributed by atoms with Gasteiger partial charge in [0.15, 0.2) is 5.13 Å². The third-order valence-corrected chi connectivity index (χ3v) is 5.82. The van der Waals surface area contributed by atoms with Gasteiger partial charge in [-0.3, -0.25) is 9.69 Å². The molecule has 5 nitrogen and oxygen atoms in total. The Kier molecular flexibility index (Phi) is 5.31. The van der Waals surface area contributed by atoms with Crippen LogP contribution < -0.4 is 10.2 Å². The molecule has 1 amide bonds. The lowest BCUT2D eigenvalue weighted by Crippen LogP contribution is -2.48. The van der Waals surface area contributed by atoms with E-state index in [1.165, 1.54) is 16.8 Å². The fourth-order valence-corrected chi connectivity index (χ4v) is 4.23. The van der Waals surface area contributed by atoms with Crippen LogP contribution in [0.5, 0.6) is 0 Å². The van der Waals surface area contributed by atoms with Crippen molar-refractivity contribution in [2.45, 2.75) is 0 Å². The summed E-state index contributed by atoms with van der Waals surface area (Å²) in [7, 11) is 0. The molecule has 1 aliphatic rings. The zero-order valence-corrected chi connectivity index (χ0v) is 15.7. The first-order chi connectivity index (χ1) is 13.2. The topological polar surface area (TPSA) is 48.5 Å². The van der Waals surface area contributed by atoms with Crippen molar-refractivity contribution in [2.75, 3.05) is 44.2 Å². The first-order valence-corrected chi connectivity index (χ1v) is 9.87. The normalized spacial score (nSPS) is 15.2. The lowest BCUT2D eigenvalue weighted by atomic mass is 10.2. The van der Waals surface area contributed by atoms with Crippen LogP contribution in [0.4, 0.5) is 9.52 Å². The smallest absolute Gasteiger partial charge is 0.251 e. The van der Waals surface area contributed by atoms with Crippen molar-refractivity contribution in [3.8, 4) is 0 Å². The summed E-state index contributed by atoms with van der Waals surface area (Å²) in [5, 5.41) is 3.94. The molecule has 3 aromatic rings. The second-order valence-electron chi connectivity index (χ2n) is 6.56. The molecular weight excluding hydrogens is 363 g/mol. The van der Waals surface area contributed by atoms with Crippen LogP contribution in [-0.2, 0) is 0 Å². The van der Waals surface area contributed by atoms with Gasteiger partial charge in [0.25, 0.3) is 5.91 Å². The molecule has 2 aromatic carbocycles. The minimum atomic E-state index is -0.395. The third kappa shape index (κ3) is 4.26. The number of carbonyl (C=O) groups is 1. The highest BCUT2D eigenvalue weighted by molar-refractivity contribution is 7.22. The summed E-state index contributed by atoms with van der Waals surface area (Å²) in [6.45, 7) is 5.07. The lowest BCUT2D eigenvalue weighted by molar-refractivity contribution is 0.0947. The van der Waals surface area contributed by atoms with Crippen LogP contribution in [0.15, 0.2) is 48.5 Å². The van der Waals surface area contributed by atoms with Gasteiger partial charge < -0.3 is 10.2 Å². The Bertz CT molecular complexity index is 903. The number of thiazole rings is 1. The number of anilines is 1. The number of para-hydroxylation sites is 1. The Labute approximate surface area is 161 Å². The standard InChI is InChI=1S/C20H21FN4OS/c21-16-5-3-4-15(14-16)19(26)22-8-9-24-10-12-25(13-11-24)20-23-17-6-1-2-7-18(17)27-20/h1-7,14H,8-13H2,(H,22,26). The summed E-state index contributed by atoms with van der Waals surface area (Å²) in [4.78, 5) is 21.4. The number of fused-ring (bicyclic) bond motifs is 1. The number of nitrogens with one attached hydrogen (secondary N) is 1. The number of rotatable bonds is 5. The van der Waals surface area contributed by atoms with Gasteiger partial charge in [-0.05, 0) is 30.3 Å². The van der Waals surface area contributed by atoms with Crippen LogP contribution in [0.3, 0.4) is 0 Å². The molecule has 4 rings (SSSR count). The molecule has 0 saturated carbocycles. The number of hydrogen-bond acceptors (Lipinski definition) is 5. The van der Waals surface area contributed by atoms with Crippen LogP contribution >= 0.6 is 11.3 Å². The molecule has 0 radical (unpaired) electrons. The number of piperazine rings is 1. The second kappa shape index (κ2) is 8.02. The molecule has 0 unspecified atom stereocenters. The molecule has 0 bridgehead atoms. The molecule has 1 N–H and O–H groups in total. The summed E-state index contributed by atoms with van der Waals surface area (Å²) >= 11 is 1.73. The van der Waals surface area contributed by atoms with Crippen LogP contribution in [0.2, 0.25) is 0 Å². The van der Waals surface area contributed by atoms with Crippen LogP contribution in [0.1, 0.15) is 10.4 Å². The van der Waals surface area contributed by atoms with Gasteiger partial charge in [-0.25, -0.2) is 9.37 Å². The summed E-state index contributed by atoms with van der Waals surface area (Å²) in [5.74, 6) is -0.628. The molecule has 7 heteroatoms. The molecule has 1 aliphatic heterocycles. The molecule has 140 valence electrons. The average molecular weight is 384 g/mol. The van der Waals surface area contributed by atoms with Crippen LogP contribution in [0, 0.1) is 5.82 Å². The SMILES string of the molecule is O=C(NCCN1CCN(c2nc3ccccc3s2)CC1)c1cccc(F)c1. The van der Waals surface area contributed by atoms with E-state index in [0.717, 1.165) is 43.4 Å². The lowest BCUT2D eigenvalue weighted by Gasteiger charge is -2.34. The van der Waals surface area contributed by atoms with Crippen molar-refractivity contribution >= 4 is 32.6 Å². The van der Waals surface area contributed by atoms with E-state index in [-0.39, 0.29) is 5.91 Å². The van der Waals surface area contributed by atoms with Crippen molar-refractivity contribution in [1.82, 2.24) is 15.2 Å². The van der Waals surface area contributed by atoms with E-state index in [9.17, 15) is 9.18 Å². The van der Waals surface area contributed by atoms with Gasteiger partial charge in [-0.1, -0.05) is 29.5 Å². The third-order valence-electron chi connectivity index (χ3n) is 4.73. The maximum Gasteiger partial charge on any atom is 0.251 e. The molecule has 2 heterocycles. The zero-order valence-electron chi connectivity index (χ0n) is 14.9. The molecule has 0 spiro atoms. The Morgan fingerprint density at radius 3 is 2.70 bits per heavy atom. The average Bonchev–Trinajstić information content (AvgIpc) is 3.12. The van der Waals surface area contributed by atoms with Crippen molar-refractivity contribution in [2.24, 2.45) is 0 Å². The number of nitrogens with zero attached hydrogens (tertiary/aromatic N) is 3. The summed E-state index contributed by atoms with van der Waals surface area (Å²) in [5.41, 5.74) is 1.41. The van der Waals surface area contributed by atoms with Crippen molar-refractivity contribution in [1.29, 1.82) is 0 Å². The highest BCUT2D eigenvalue weighted by Gasteiger charge is 2.19. The van der Waals surface area contributed by atoms with Crippen molar-refractivity contribution < 1.29 is 9.18 Å². The molecule has 1 fully saturated rings. The molecule has 1 aromatic heterocycles. The Morgan fingerprint density at radius 1 is 1.11 bits per heavy atom. The number of amides is 1. The maximum atomic E-state index is 13.2. The van der Waals surface area contributed by atoms with Gasteiger partial charge in [0.05, 0.1) is 10.2 Å². The number of aromatic nitrogens is 1. The largest absolute Gasteiger partial charge is 0.351 e. The summed E-state index contributed by atoms with van der Waals surface area (Å²) in [6.07, 6.45) is 0. The number of hydrogen-bond donors (Lipinski definition) is 1. The van der Waals surface area contributed by atoms with E-state index in [1.807, 2.05) is 18.2 Å². The first kappa shape index (κ1) is 17.9. The Balaban J connectivity index is 1.24. The Morgan fingerprint density at radius 2 is 1.93 bits per heavy atom. The van der Waals surface area contributed by atoms with E-state index in [0.29, 0.717) is 12.1 Å². The number of halogens is 1. The second-order valence-corrected chi connectivity index (χ2v) is 7.57. The zero-order chi connectivity index (χ0) is 18.6. The van der Waals surface area contributed by atoms with Crippen LogP contribution in [0.25, 0.3) is 10.2 Å². The van der Waals surface area contributed by atoms with Crippen molar-refractivity contribution in [3.05, 3.63) is 59.9 Å². The fourth-order valence-electron chi connectivity index (χ4n) is 3.22. The number of benzene rings is 2. The Hall–Kier alpha value is -2.51. The van der Waals surface area contributed by atoms with Crippen molar-refractivity contribution in [3.63, 3.8) is 0 Å². The first-order valence-electron chi connectivity index (χ1n) is 9.06. The van der Waals surface area contributed by atoms with Crippen LogP contribution in [-0.4, -0.2) is 55.1 Å². The molecule has 1 saturated heterocycles. The highest BCUT2D eigenvalue weighted by Crippen LogP contribution is 2.28. The van der Waals surface area contributed by atoms with Gasteiger partial charge in [0, 0.05) is 44.8 Å². The summed E-state index contributed by atoms with van der Waals surface area (Å²) < 4.78 is 14.4. The minimum Gasteiger partial charge on any atom is -0.351 e. The van der Waals surface area contributed by atoms with Gasteiger partial charge in [0.2, 0.25) is 0 Å². The molecular formula is C20H21FN4OS. The quantitative estimate of drug-likeness (QED) is 0.735. The predicted molar refractivity (Wildman–Crippen MR) is 107 cm³/mol. The molecule has 0 aliphatic carbocycles.